The van der Waals surface area contributed by atoms with Crippen LogP contribution in [0, 0.1) is 19.8 Å². The molecule has 0 unspecified atom stereocenters. The van der Waals surface area contributed by atoms with Gasteiger partial charge >= 0.3 is 0 Å². The number of anilines is 1. The fraction of sp³-hybridized carbons (Fsp3) is 0.348. The number of nitrogens with zero attached hydrogens (tertiary/aromatic N) is 2. The fourth-order valence-corrected chi connectivity index (χ4v) is 5.55. The summed E-state index contributed by atoms with van der Waals surface area (Å²) in [7, 11) is -3.67. The lowest BCUT2D eigenvalue weighted by molar-refractivity contribution is 0.446. The lowest BCUT2D eigenvalue weighted by Crippen LogP contribution is -2.35. The minimum absolute atomic E-state index is 0.309. The molecule has 0 bridgehead atoms. The molecule has 4 rings (SSSR count). The van der Waals surface area contributed by atoms with E-state index in [0.29, 0.717) is 15.7 Å². The van der Waals surface area contributed by atoms with E-state index in [2.05, 4.69) is 16.8 Å². The van der Waals surface area contributed by atoms with Gasteiger partial charge in [0.15, 0.2) is 0 Å². The number of aromatic nitrogens is 1. The molecule has 4 nitrogen and oxygen atoms in total. The van der Waals surface area contributed by atoms with Crippen molar-refractivity contribution < 1.29 is 8.42 Å². The number of hydrogen-bond acceptors (Lipinski definition) is 4. The van der Waals surface area contributed by atoms with Crippen LogP contribution in [0.2, 0.25) is 0 Å². The summed E-state index contributed by atoms with van der Waals surface area (Å²) < 4.78 is 27.2. The van der Waals surface area contributed by atoms with E-state index in [9.17, 15) is 8.42 Å². The Kier molecular flexibility index (Phi) is 4.88. The Labute approximate surface area is 167 Å². The zero-order valence-corrected chi connectivity index (χ0v) is 17.5. The van der Waals surface area contributed by atoms with Crippen molar-refractivity contribution in [1.82, 2.24) is 4.98 Å². The molecule has 0 N–H and O–H groups in total. The van der Waals surface area contributed by atoms with Crippen LogP contribution in [0.15, 0.2) is 58.5 Å². The van der Waals surface area contributed by atoms with Crippen molar-refractivity contribution in [2.75, 3.05) is 18.0 Å². The topological polar surface area (TPSA) is 50.3 Å². The molecule has 3 aromatic rings. The van der Waals surface area contributed by atoms with Gasteiger partial charge in [0.05, 0.1) is 16.1 Å². The molecule has 2 heterocycles. The molecule has 1 saturated heterocycles. The summed E-state index contributed by atoms with van der Waals surface area (Å²) >= 11 is 0. The van der Waals surface area contributed by atoms with Crippen LogP contribution in [0.5, 0.6) is 0 Å². The number of sulfone groups is 1. The SMILES string of the molecule is Cc1ccc(S(=O)(=O)c2cnc3ccccc3c2N2CCC[C@@H](C)C2)cc1C. The molecule has 0 spiro atoms. The Hall–Kier alpha value is -2.40. The molecule has 146 valence electrons. The van der Waals surface area contributed by atoms with Gasteiger partial charge in [-0.2, -0.15) is 0 Å². The number of hydrogen-bond donors (Lipinski definition) is 0. The van der Waals surface area contributed by atoms with Gasteiger partial charge in [0.25, 0.3) is 0 Å². The standard InChI is InChI=1S/C23H26N2O2S/c1-16-7-6-12-25(15-16)23-20-8-4-5-9-21(20)24-14-22(23)28(26,27)19-11-10-17(2)18(3)13-19/h4-5,8-11,13-14,16H,6-7,12,15H2,1-3H3/t16-/m1/s1. The number of rotatable bonds is 3. The molecule has 0 aliphatic carbocycles. The van der Waals surface area contributed by atoms with Crippen molar-refractivity contribution in [3.8, 4) is 0 Å². The molecule has 2 aromatic carbocycles. The summed E-state index contributed by atoms with van der Waals surface area (Å²) in [5.74, 6) is 0.540. The van der Waals surface area contributed by atoms with Crippen LogP contribution >= 0.6 is 0 Å². The Morgan fingerprint density at radius 3 is 2.61 bits per heavy atom. The van der Waals surface area contributed by atoms with Crippen LogP contribution in [-0.2, 0) is 9.84 Å². The first-order valence-corrected chi connectivity index (χ1v) is 11.3. The van der Waals surface area contributed by atoms with E-state index in [0.717, 1.165) is 47.2 Å². The average Bonchev–Trinajstić information content (AvgIpc) is 2.69. The van der Waals surface area contributed by atoms with E-state index in [1.54, 1.807) is 18.3 Å². The van der Waals surface area contributed by atoms with Gasteiger partial charge in [-0.05, 0) is 61.9 Å². The minimum Gasteiger partial charge on any atom is -0.370 e. The van der Waals surface area contributed by atoms with Crippen LogP contribution in [0.3, 0.4) is 0 Å². The lowest BCUT2D eigenvalue weighted by Gasteiger charge is -2.34. The lowest BCUT2D eigenvalue weighted by atomic mass is 9.99. The van der Waals surface area contributed by atoms with Crippen molar-refractivity contribution >= 4 is 26.4 Å². The third kappa shape index (κ3) is 3.28. The average molecular weight is 395 g/mol. The molecule has 1 fully saturated rings. The number of benzene rings is 2. The van der Waals surface area contributed by atoms with E-state index in [-0.39, 0.29) is 0 Å². The normalized spacial score (nSPS) is 17.8. The molecule has 0 saturated carbocycles. The number of fused-ring (bicyclic) bond motifs is 1. The summed E-state index contributed by atoms with van der Waals surface area (Å²) in [5.41, 5.74) is 3.69. The Morgan fingerprint density at radius 1 is 1.07 bits per heavy atom. The second kappa shape index (κ2) is 7.21. The summed E-state index contributed by atoms with van der Waals surface area (Å²) in [4.78, 5) is 7.37. The molecular formula is C23H26N2O2S. The number of pyridine rings is 1. The zero-order chi connectivity index (χ0) is 19.9. The summed E-state index contributed by atoms with van der Waals surface area (Å²) in [6.45, 7) is 7.90. The second-order valence-electron chi connectivity index (χ2n) is 7.93. The van der Waals surface area contributed by atoms with Crippen LogP contribution in [0.4, 0.5) is 5.69 Å². The van der Waals surface area contributed by atoms with Crippen LogP contribution < -0.4 is 4.90 Å². The molecule has 1 aliphatic heterocycles. The predicted molar refractivity (Wildman–Crippen MR) is 114 cm³/mol. The smallest absolute Gasteiger partial charge is 0.210 e. The molecule has 1 atom stereocenters. The predicted octanol–water partition coefficient (Wildman–Crippen LogP) is 4.92. The number of para-hydroxylation sites is 1. The van der Waals surface area contributed by atoms with E-state index >= 15 is 0 Å². The van der Waals surface area contributed by atoms with Crippen LogP contribution in [0.1, 0.15) is 30.9 Å². The minimum atomic E-state index is -3.67. The highest BCUT2D eigenvalue weighted by atomic mass is 32.2. The molecule has 0 radical (unpaired) electrons. The second-order valence-corrected chi connectivity index (χ2v) is 9.85. The maximum absolute atomic E-state index is 13.6. The first kappa shape index (κ1) is 18.9. The van der Waals surface area contributed by atoms with Crippen LogP contribution in [0.25, 0.3) is 10.9 Å². The van der Waals surface area contributed by atoms with Crippen LogP contribution in [-0.4, -0.2) is 26.5 Å². The first-order chi connectivity index (χ1) is 13.4. The molecule has 28 heavy (non-hydrogen) atoms. The molecular weight excluding hydrogens is 368 g/mol. The van der Waals surface area contributed by atoms with Crippen molar-refractivity contribution in [3.05, 3.63) is 59.8 Å². The van der Waals surface area contributed by atoms with E-state index in [1.165, 1.54) is 6.42 Å². The van der Waals surface area contributed by atoms with Gasteiger partial charge in [0, 0.05) is 24.7 Å². The van der Waals surface area contributed by atoms with Crippen molar-refractivity contribution in [2.24, 2.45) is 5.92 Å². The Morgan fingerprint density at radius 2 is 1.86 bits per heavy atom. The highest BCUT2D eigenvalue weighted by Crippen LogP contribution is 2.37. The molecule has 1 aromatic heterocycles. The Balaban J connectivity index is 1.95. The van der Waals surface area contributed by atoms with E-state index in [4.69, 9.17) is 0 Å². The van der Waals surface area contributed by atoms with Crippen molar-refractivity contribution in [1.29, 1.82) is 0 Å². The third-order valence-electron chi connectivity index (χ3n) is 5.76. The number of piperidine rings is 1. The van der Waals surface area contributed by atoms with Gasteiger partial charge in [-0.3, -0.25) is 4.98 Å². The molecule has 0 amide bonds. The monoisotopic (exact) mass is 394 g/mol. The fourth-order valence-electron chi connectivity index (χ4n) is 4.03. The zero-order valence-electron chi connectivity index (χ0n) is 16.6. The van der Waals surface area contributed by atoms with Gasteiger partial charge in [0.1, 0.15) is 4.90 Å². The van der Waals surface area contributed by atoms with E-state index < -0.39 is 9.84 Å². The van der Waals surface area contributed by atoms with E-state index in [1.807, 2.05) is 44.2 Å². The first-order valence-electron chi connectivity index (χ1n) is 9.83. The molecule has 1 aliphatic rings. The number of aryl methyl sites for hydroxylation is 2. The Bertz CT molecular complexity index is 1140. The maximum atomic E-state index is 13.6. The van der Waals surface area contributed by atoms with Gasteiger partial charge in [-0.1, -0.05) is 31.2 Å². The summed E-state index contributed by atoms with van der Waals surface area (Å²) in [5, 5.41) is 0.904. The highest BCUT2D eigenvalue weighted by Gasteiger charge is 2.29. The van der Waals surface area contributed by atoms with Gasteiger partial charge < -0.3 is 4.90 Å². The molecule has 5 heteroatoms. The van der Waals surface area contributed by atoms with Crippen molar-refractivity contribution in [3.63, 3.8) is 0 Å². The highest BCUT2D eigenvalue weighted by molar-refractivity contribution is 7.91. The third-order valence-corrected chi connectivity index (χ3v) is 7.52. The van der Waals surface area contributed by atoms with Gasteiger partial charge in [-0.25, -0.2) is 8.42 Å². The van der Waals surface area contributed by atoms with Gasteiger partial charge in [-0.15, -0.1) is 0 Å². The van der Waals surface area contributed by atoms with Crippen molar-refractivity contribution in [2.45, 2.75) is 43.4 Å². The van der Waals surface area contributed by atoms with Gasteiger partial charge in [0.2, 0.25) is 9.84 Å². The summed E-state index contributed by atoms with van der Waals surface area (Å²) in [6, 6.07) is 13.2. The quantitative estimate of drug-likeness (QED) is 0.633. The maximum Gasteiger partial charge on any atom is 0.210 e. The largest absolute Gasteiger partial charge is 0.370 e. The summed E-state index contributed by atoms with van der Waals surface area (Å²) in [6.07, 6.45) is 3.79.